The number of rotatable bonds is 2. The van der Waals surface area contributed by atoms with Gasteiger partial charge in [-0.3, -0.25) is 0 Å². The summed E-state index contributed by atoms with van der Waals surface area (Å²) < 4.78 is 11.8. The third-order valence-electron chi connectivity index (χ3n) is 0.707. The molecule has 0 saturated heterocycles. The van der Waals surface area contributed by atoms with Gasteiger partial charge in [0.25, 0.3) is 0 Å². The Kier molecular flexibility index (Phi) is 3.69. The molecule has 0 nitrogen and oxygen atoms in total. The molecule has 0 aliphatic rings. The predicted octanol–water partition coefficient (Wildman–Crippen LogP) is 2.99. The van der Waals surface area contributed by atoms with Crippen molar-refractivity contribution in [3.8, 4) is 0 Å². The van der Waals surface area contributed by atoms with E-state index in [0.29, 0.717) is 0 Å². The molecule has 0 heterocycles. The average molecular weight is 126 g/mol. The van der Waals surface area contributed by atoms with E-state index in [1.807, 2.05) is 19.9 Å². The van der Waals surface area contributed by atoms with Crippen LogP contribution in [0.2, 0.25) is 0 Å². The largest absolute Gasteiger partial charge is 0.208 e. The topological polar surface area (TPSA) is 0 Å². The van der Waals surface area contributed by atoms with Crippen molar-refractivity contribution in [1.29, 1.82) is 0 Å². The highest BCUT2D eigenvalue weighted by atomic mass is 19.1. The lowest BCUT2D eigenvalue weighted by Crippen LogP contribution is -1.60. The van der Waals surface area contributed by atoms with Crippen molar-refractivity contribution in [1.82, 2.24) is 0 Å². The first kappa shape index (κ1) is 8.15. The molecule has 0 aromatic carbocycles. The Morgan fingerprint density at radius 3 is 2.33 bits per heavy atom. The summed E-state index contributed by atoms with van der Waals surface area (Å²) in [5.41, 5.74) is 1.15. The van der Waals surface area contributed by atoms with E-state index >= 15 is 0 Å². The molecule has 0 saturated carbocycles. The lowest BCUT2D eigenvalue weighted by molar-refractivity contribution is 0.671. The standard InChI is InChI=1S/C8H11F/c1-7(2)5-4-6-8(3)9/h4-6H,3H2,1-2H3/b6-4-. The maximum absolute atomic E-state index is 11.8. The van der Waals surface area contributed by atoms with Crippen LogP contribution in [0, 0.1) is 0 Å². The maximum atomic E-state index is 11.8. The molecule has 0 amide bonds. The van der Waals surface area contributed by atoms with E-state index in [2.05, 4.69) is 6.58 Å². The van der Waals surface area contributed by atoms with Gasteiger partial charge in [-0.15, -0.1) is 0 Å². The molecule has 0 rings (SSSR count). The number of allylic oxidation sites excluding steroid dienone is 5. The zero-order valence-electron chi connectivity index (χ0n) is 5.82. The Morgan fingerprint density at radius 1 is 1.44 bits per heavy atom. The van der Waals surface area contributed by atoms with Crippen LogP contribution in [0.25, 0.3) is 0 Å². The SMILES string of the molecule is C=C(F)/C=C\C=C(C)C. The first-order valence-corrected chi connectivity index (χ1v) is 2.79. The van der Waals surface area contributed by atoms with Gasteiger partial charge in [0, 0.05) is 0 Å². The molecule has 0 aromatic rings. The summed E-state index contributed by atoms with van der Waals surface area (Å²) in [6.45, 7) is 6.97. The van der Waals surface area contributed by atoms with Gasteiger partial charge in [0.1, 0.15) is 5.83 Å². The van der Waals surface area contributed by atoms with Gasteiger partial charge >= 0.3 is 0 Å². The summed E-state index contributed by atoms with van der Waals surface area (Å²) in [4.78, 5) is 0. The molecule has 0 N–H and O–H groups in total. The van der Waals surface area contributed by atoms with Gasteiger partial charge in [0.2, 0.25) is 0 Å². The van der Waals surface area contributed by atoms with Crippen LogP contribution in [0.3, 0.4) is 0 Å². The highest BCUT2D eigenvalue weighted by molar-refractivity contribution is 5.15. The van der Waals surface area contributed by atoms with Crippen molar-refractivity contribution in [3.05, 3.63) is 36.2 Å². The molecule has 0 unspecified atom stereocenters. The van der Waals surface area contributed by atoms with E-state index in [4.69, 9.17) is 0 Å². The van der Waals surface area contributed by atoms with Crippen molar-refractivity contribution in [2.75, 3.05) is 0 Å². The maximum Gasteiger partial charge on any atom is 0.116 e. The summed E-state index contributed by atoms with van der Waals surface area (Å²) in [5, 5.41) is 0. The van der Waals surface area contributed by atoms with Crippen LogP contribution in [0.4, 0.5) is 4.39 Å². The molecular weight excluding hydrogens is 115 g/mol. The monoisotopic (exact) mass is 126 g/mol. The molecule has 0 atom stereocenters. The second-order valence-electron chi connectivity index (χ2n) is 2.05. The van der Waals surface area contributed by atoms with Crippen LogP contribution in [-0.2, 0) is 0 Å². The third kappa shape index (κ3) is 7.15. The van der Waals surface area contributed by atoms with Crippen LogP contribution in [-0.4, -0.2) is 0 Å². The number of hydrogen-bond donors (Lipinski definition) is 0. The van der Waals surface area contributed by atoms with E-state index in [1.165, 1.54) is 6.08 Å². The molecule has 0 radical (unpaired) electrons. The normalized spacial score (nSPS) is 9.67. The molecular formula is C8H11F. The first-order chi connectivity index (χ1) is 4.13. The summed E-state index contributed by atoms with van der Waals surface area (Å²) in [6.07, 6.45) is 4.79. The number of halogens is 1. The zero-order valence-corrected chi connectivity index (χ0v) is 5.82. The third-order valence-corrected chi connectivity index (χ3v) is 0.707. The Labute approximate surface area is 55.4 Å². The summed E-state index contributed by atoms with van der Waals surface area (Å²) in [7, 11) is 0. The molecule has 0 fully saturated rings. The minimum atomic E-state index is -0.410. The van der Waals surface area contributed by atoms with Crippen molar-refractivity contribution < 1.29 is 4.39 Å². The summed E-state index contributed by atoms with van der Waals surface area (Å²) in [5.74, 6) is -0.410. The Bertz CT molecular complexity index is 148. The average Bonchev–Trinajstić information content (AvgIpc) is 1.63. The van der Waals surface area contributed by atoms with Gasteiger partial charge in [-0.05, 0) is 19.9 Å². The van der Waals surface area contributed by atoms with Gasteiger partial charge < -0.3 is 0 Å². The second kappa shape index (κ2) is 4.07. The van der Waals surface area contributed by atoms with Crippen molar-refractivity contribution in [2.24, 2.45) is 0 Å². The second-order valence-corrected chi connectivity index (χ2v) is 2.05. The van der Waals surface area contributed by atoms with E-state index < -0.39 is 5.83 Å². The quantitative estimate of drug-likeness (QED) is 0.499. The van der Waals surface area contributed by atoms with Gasteiger partial charge in [0.15, 0.2) is 0 Å². The van der Waals surface area contributed by atoms with Crippen molar-refractivity contribution in [3.63, 3.8) is 0 Å². The van der Waals surface area contributed by atoms with E-state index in [9.17, 15) is 4.39 Å². The van der Waals surface area contributed by atoms with Crippen LogP contribution in [0.15, 0.2) is 36.2 Å². The van der Waals surface area contributed by atoms with Crippen molar-refractivity contribution in [2.45, 2.75) is 13.8 Å². The number of hydrogen-bond acceptors (Lipinski definition) is 0. The van der Waals surface area contributed by atoms with E-state index in [1.54, 1.807) is 6.08 Å². The van der Waals surface area contributed by atoms with Gasteiger partial charge in [-0.1, -0.05) is 24.3 Å². The molecule has 0 aromatic heterocycles. The van der Waals surface area contributed by atoms with E-state index in [-0.39, 0.29) is 0 Å². The van der Waals surface area contributed by atoms with Crippen molar-refractivity contribution >= 4 is 0 Å². The molecule has 1 heteroatoms. The fraction of sp³-hybridized carbons (Fsp3) is 0.250. The first-order valence-electron chi connectivity index (χ1n) is 2.79. The lowest BCUT2D eigenvalue weighted by Gasteiger charge is -1.80. The smallest absolute Gasteiger partial charge is 0.116 e. The minimum Gasteiger partial charge on any atom is -0.208 e. The summed E-state index contributed by atoms with van der Waals surface area (Å²) >= 11 is 0. The lowest BCUT2D eigenvalue weighted by atomic mass is 10.3. The zero-order chi connectivity index (χ0) is 7.28. The minimum absolute atomic E-state index is 0.410. The van der Waals surface area contributed by atoms with Gasteiger partial charge in [-0.25, -0.2) is 4.39 Å². The fourth-order valence-electron chi connectivity index (χ4n) is 0.345. The molecule has 9 heavy (non-hydrogen) atoms. The fourth-order valence-corrected chi connectivity index (χ4v) is 0.345. The Morgan fingerprint density at radius 2 is 2.00 bits per heavy atom. The van der Waals surface area contributed by atoms with E-state index in [0.717, 1.165) is 5.57 Å². The molecule has 0 aliphatic heterocycles. The van der Waals surface area contributed by atoms with Gasteiger partial charge in [-0.2, -0.15) is 0 Å². The molecule has 0 aliphatic carbocycles. The Hall–Kier alpha value is -0.850. The molecule has 50 valence electrons. The molecule has 0 bridgehead atoms. The predicted molar refractivity (Wildman–Crippen MR) is 38.8 cm³/mol. The highest BCUT2D eigenvalue weighted by Crippen LogP contribution is 1.95. The Balaban J connectivity index is 3.74. The van der Waals surface area contributed by atoms with Crippen LogP contribution in [0.1, 0.15) is 13.8 Å². The van der Waals surface area contributed by atoms with Crippen LogP contribution >= 0.6 is 0 Å². The highest BCUT2D eigenvalue weighted by Gasteiger charge is 1.75. The van der Waals surface area contributed by atoms with Crippen LogP contribution < -0.4 is 0 Å². The summed E-state index contributed by atoms with van der Waals surface area (Å²) in [6, 6.07) is 0. The molecule has 0 spiro atoms. The van der Waals surface area contributed by atoms with Crippen LogP contribution in [0.5, 0.6) is 0 Å². The van der Waals surface area contributed by atoms with Gasteiger partial charge in [0.05, 0.1) is 0 Å².